The average Bonchev–Trinajstić information content (AvgIpc) is 2.80. The summed E-state index contributed by atoms with van der Waals surface area (Å²) in [6.45, 7) is 2.80. The predicted octanol–water partition coefficient (Wildman–Crippen LogP) is 4.40. The smallest absolute Gasteiger partial charge is 0.261 e. The molecule has 0 bridgehead atoms. The first-order chi connectivity index (χ1) is 15.3. The molecule has 9 heteroatoms. The summed E-state index contributed by atoms with van der Waals surface area (Å²) in [5, 5.41) is 3.09. The van der Waals surface area contributed by atoms with Crippen LogP contribution in [-0.4, -0.2) is 27.5 Å². The number of carbonyl (C=O) groups excluding carboxylic acids is 1. The van der Waals surface area contributed by atoms with Gasteiger partial charge < -0.3 is 14.8 Å². The maximum absolute atomic E-state index is 12.9. The summed E-state index contributed by atoms with van der Waals surface area (Å²) < 4.78 is 38.8. The van der Waals surface area contributed by atoms with Crippen LogP contribution in [0.3, 0.4) is 0 Å². The first kappa shape index (κ1) is 22.0. The second kappa shape index (κ2) is 9.10. The first-order valence-electron chi connectivity index (χ1n) is 9.91. The van der Waals surface area contributed by atoms with Crippen LogP contribution in [0.5, 0.6) is 11.5 Å². The van der Waals surface area contributed by atoms with E-state index in [1.165, 1.54) is 30.3 Å². The highest BCUT2D eigenvalue weighted by molar-refractivity contribution is 7.92. The predicted molar refractivity (Wildman–Crippen MR) is 122 cm³/mol. The van der Waals surface area contributed by atoms with E-state index >= 15 is 0 Å². The third kappa shape index (κ3) is 4.81. The monoisotopic (exact) mass is 472 g/mol. The van der Waals surface area contributed by atoms with E-state index in [4.69, 9.17) is 21.1 Å². The zero-order chi connectivity index (χ0) is 22.7. The fourth-order valence-corrected chi connectivity index (χ4v) is 4.54. The van der Waals surface area contributed by atoms with Gasteiger partial charge in [0, 0.05) is 5.69 Å². The lowest BCUT2D eigenvalue weighted by atomic mass is 10.1. The SMILES string of the molecule is C[C@@H](NC(=O)c1cc(NS(=O)(=O)c2ccccc2)ccc1Cl)c1ccc2c(c1)OCCO2. The Morgan fingerprint density at radius 3 is 2.44 bits per heavy atom. The van der Waals surface area contributed by atoms with Crippen LogP contribution in [0.1, 0.15) is 28.9 Å². The number of rotatable bonds is 6. The zero-order valence-electron chi connectivity index (χ0n) is 17.2. The molecule has 1 atom stereocenters. The van der Waals surface area contributed by atoms with E-state index < -0.39 is 15.9 Å². The van der Waals surface area contributed by atoms with Crippen LogP contribution < -0.4 is 19.5 Å². The molecule has 32 heavy (non-hydrogen) atoms. The fraction of sp³-hybridized carbons (Fsp3) is 0.174. The molecule has 4 rings (SSSR count). The van der Waals surface area contributed by atoms with Gasteiger partial charge in [-0.25, -0.2) is 8.42 Å². The number of ether oxygens (including phenoxy) is 2. The summed E-state index contributed by atoms with van der Waals surface area (Å²) in [6.07, 6.45) is 0. The third-order valence-corrected chi connectivity index (χ3v) is 6.66. The number of hydrogen-bond donors (Lipinski definition) is 2. The van der Waals surface area contributed by atoms with Crippen molar-refractivity contribution in [3.8, 4) is 11.5 Å². The molecular weight excluding hydrogens is 452 g/mol. The Balaban J connectivity index is 1.51. The highest BCUT2D eigenvalue weighted by atomic mass is 35.5. The molecule has 2 N–H and O–H groups in total. The summed E-state index contributed by atoms with van der Waals surface area (Å²) in [7, 11) is -3.79. The van der Waals surface area contributed by atoms with E-state index in [1.807, 2.05) is 19.1 Å². The van der Waals surface area contributed by atoms with E-state index in [0.717, 1.165) is 5.56 Å². The molecule has 1 amide bonds. The van der Waals surface area contributed by atoms with Crippen LogP contribution in [-0.2, 0) is 10.0 Å². The molecule has 1 aliphatic rings. The summed E-state index contributed by atoms with van der Waals surface area (Å²) in [4.78, 5) is 13.0. The van der Waals surface area contributed by atoms with Crippen molar-refractivity contribution in [1.82, 2.24) is 5.32 Å². The van der Waals surface area contributed by atoms with Gasteiger partial charge in [0.25, 0.3) is 15.9 Å². The summed E-state index contributed by atoms with van der Waals surface area (Å²) >= 11 is 6.23. The van der Waals surface area contributed by atoms with Crippen molar-refractivity contribution < 1.29 is 22.7 Å². The maximum atomic E-state index is 12.9. The van der Waals surface area contributed by atoms with Crippen LogP contribution in [0.2, 0.25) is 5.02 Å². The highest BCUT2D eigenvalue weighted by Gasteiger charge is 2.19. The van der Waals surface area contributed by atoms with Gasteiger partial charge in [0.15, 0.2) is 11.5 Å². The van der Waals surface area contributed by atoms with E-state index in [2.05, 4.69) is 10.0 Å². The lowest BCUT2D eigenvalue weighted by molar-refractivity contribution is 0.0940. The van der Waals surface area contributed by atoms with Crippen molar-refractivity contribution in [2.45, 2.75) is 17.9 Å². The van der Waals surface area contributed by atoms with Gasteiger partial charge in [0.05, 0.1) is 21.5 Å². The average molecular weight is 473 g/mol. The molecule has 3 aromatic rings. The molecule has 7 nitrogen and oxygen atoms in total. The minimum atomic E-state index is -3.79. The Kier molecular flexibility index (Phi) is 6.25. The Hall–Kier alpha value is -3.23. The molecule has 0 aromatic heterocycles. The Morgan fingerprint density at radius 2 is 1.69 bits per heavy atom. The second-order valence-electron chi connectivity index (χ2n) is 7.21. The van der Waals surface area contributed by atoms with Gasteiger partial charge in [0.2, 0.25) is 0 Å². The zero-order valence-corrected chi connectivity index (χ0v) is 18.7. The van der Waals surface area contributed by atoms with Crippen molar-refractivity contribution in [3.63, 3.8) is 0 Å². The van der Waals surface area contributed by atoms with Gasteiger partial charge in [-0.2, -0.15) is 0 Å². The number of halogens is 1. The van der Waals surface area contributed by atoms with Crippen LogP contribution in [0.15, 0.2) is 71.6 Å². The standard InChI is InChI=1S/C23H21ClN2O5S/c1-15(16-7-10-21-22(13-16)31-12-11-30-21)25-23(27)19-14-17(8-9-20(19)24)26-32(28,29)18-5-3-2-4-6-18/h2-10,13-15,26H,11-12H2,1H3,(H,25,27)/t15-/m1/s1. The Bertz CT molecular complexity index is 1250. The minimum absolute atomic E-state index is 0.119. The van der Waals surface area contributed by atoms with Crippen LogP contribution in [0, 0.1) is 0 Å². The number of hydrogen-bond acceptors (Lipinski definition) is 5. The van der Waals surface area contributed by atoms with E-state index in [1.54, 1.807) is 24.3 Å². The van der Waals surface area contributed by atoms with Crippen LogP contribution in [0.4, 0.5) is 5.69 Å². The fourth-order valence-electron chi connectivity index (χ4n) is 3.26. The van der Waals surface area contributed by atoms with E-state index in [-0.39, 0.29) is 27.2 Å². The van der Waals surface area contributed by atoms with Gasteiger partial charge in [0.1, 0.15) is 13.2 Å². The molecule has 3 aromatic carbocycles. The molecule has 0 aliphatic carbocycles. The lowest BCUT2D eigenvalue weighted by Gasteiger charge is -2.21. The first-order valence-corrected chi connectivity index (χ1v) is 11.8. The lowest BCUT2D eigenvalue weighted by Crippen LogP contribution is -2.27. The van der Waals surface area contributed by atoms with E-state index in [0.29, 0.717) is 24.7 Å². The third-order valence-electron chi connectivity index (χ3n) is 4.93. The Morgan fingerprint density at radius 1 is 0.969 bits per heavy atom. The van der Waals surface area contributed by atoms with Gasteiger partial charge >= 0.3 is 0 Å². The van der Waals surface area contributed by atoms with Gasteiger partial charge in [-0.15, -0.1) is 0 Å². The number of anilines is 1. The second-order valence-corrected chi connectivity index (χ2v) is 9.30. The molecule has 0 saturated heterocycles. The normalized spacial score (nSPS) is 13.8. The van der Waals surface area contributed by atoms with Crippen molar-refractivity contribution in [2.75, 3.05) is 17.9 Å². The number of benzene rings is 3. The topological polar surface area (TPSA) is 93.7 Å². The number of amides is 1. The van der Waals surface area contributed by atoms with Gasteiger partial charge in [-0.3, -0.25) is 9.52 Å². The number of nitrogens with one attached hydrogen (secondary N) is 2. The highest BCUT2D eigenvalue weighted by Crippen LogP contribution is 2.33. The van der Waals surface area contributed by atoms with Crippen LogP contribution in [0.25, 0.3) is 0 Å². The maximum Gasteiger partial charge on any atom is 0.261 e. The summed E-state index contributed by atoms with van der Waals surface area (Å²) in [5.41, 5.74) is 1.22. The molecule has 0 saturated carbocycles. The molecule has 0 spiro atoms. The van der Waals surface area contributed by atoms with Gasteiger partial charge in [-0.05, 0) is 55.0 Å². The van der Waals surface area contributed by atoms with Crippen molar-refractivity contribution >= 4 is 33.2 Å². The van der Waals surface area contributed by atoms with Crippen LogP contribution >= 0.6 is 11.6 Å². The quantitative estimate of drug-likeness (QED) is 0.554. The molecule has 0 fully saturated rings. The van der Waals surface area contributed by atoms with Crippen molar-refractivity contribution in [2.24, 2.45) is 0 Å². The summed E-state index contributed by atoms with van der Waals surface area (Å²) in [5.74, 6) is 0.864. The molecule has 1 heterocycles. The number of carbonyl (C=O) groups is 1. The van der Waals surface area contributed by atoms with Crippen molar-refractivity contribution in [1.29, 1.82) is 0 Å². The van der Waals surface area contributed by atoms with Gasteiger partial charge in [-0.1, -0.05) is 35.9 Å². The number of fused-ring (bicyclic) bond motifs is 1. The minimum Gasteiger partial charge on any atom is -0.486 e. The molecule has 166 valence electrons. The molecule has 1 aliphatic heterocycles. The Labute approximate surface area is 191 Å². The van der Waals surface area contributed by atoms with E-state index in [9.17, 15) is 13.2 Å². The molecule has 0 radical (unpaired) electrons. The van der Waals surface area contributed by atoms with Crippen molar-refractivity contribution in [3.05, 3.63) is 82.9 Å². The number of sulfonamides is 1. The summed E-state index contributed by atoms with van der Waals surface area (Å²) in [6, 6.07) is 17.5. The largest absolute Gasteiger partial charge is 0.486 e. The molecular formula is C23H21ClN2O5S. The molecule has 0 unspecified atom stereocenters.